The molecule has 2 amide bonds. The zero-order valence-corrected chi connectivity index (χ0v) is 18.9. The Hall–Kier alpha value is -3.53. The zero-order chi connectivity index (χ0) is 25.0. The molecule has 0 aliphatic carbocycles. The lowest BCUT2D eigenvalue weighted by Crippen LogP contribution is -2.41. The van der Waals surface area contributed by atoms with Crippen molar-refractivity contribution in [3.8, 4) is 11.5 Å². The lowest BCUT2D eigenvalue weighted by molar-refractivity contribution is -0.274. The van der Waals surface area contributed by atoms with Gasteiger partial charge >= 0.3 is 6.36 Å². The SMILES string of the molecule is COc1ccc([C@H](C)N2C[C@@]34C=C[C@@H](O3)[C@@H](C(=O)Nc3ccc(OC(F)(F)F)cc3)[C@@H]4C2=O)cc1. The van der Waals surface area contributed by atoms with Crippen molar-refractivity contribution in [2.45, 2.75) is 31.0 Å². The maximum absolute atomic E-state index is 13.5. The number of anilines is 1. The summed E-state index contributed by atoms with van der Waals surface area (Å²) in [5.41, 5.74) is 0.338. The maximum Gasteiger partial charge on any atom is 0.573 e. The summed E-state index contributed by atoms with van der Waals surface area (Å²) in [5.74, 6) is -1.73. The Labute approximate surface area is 199 Å². The van der Waals surface area contributed by atoms with Gasteiger partial charge in [-0.05, 0) is 48.9 Å². The Bertz CT molecular complexity index is 1170. The summed E-state index contributed by atoms with van der Waals surface area (Å²) in [6.07, 6.45) is -1.68. The second-order valence-electron chi connectivity index (χ2n) is 8.88. The third kappa shape index (κ3) is 4.12. The number of likely N-dealkylation sites (tertiary alicyclic amines) is 1. The maximum atomic E-state index is 13.5. The molecule has 2 aromatic carbocycles. The molecule has 184 valence electrons. The van der Waals surface area contributed by atoms with E-state index in [1.165, 1.54) is 12.1 Å². The molecule has 10 heteroatoms. The number of carbonyl (C=O) groups is 2. The molecule has 2 bridgehead atoms. The number of hydrogen-bond donors (Lipinski definition) is 1. The van der Waals surface area contributed by atoms with Crippen molar-refractivity contribution in [1.29, 1.82) is 0 Å². The van der Waals surface area contributed by atoms with Crippen LogP contribution in [0.1, 0.15) is 18.5 Å². The second kappa shape index (κ2) is 8.30. The van der Waals surface area contributed by atoms with Gasteiger partial charge in [-0.2, -0.15) is 0 Å². The summed E-state index contributed by atoms with van der Waals surface area (Å²) < 4.78 is 52.4. The van der Waals surface area contributed by atoms with E-state index < -0.39 is 41.6 Å². The largest absolute Gasteiger partial charge is 0.573 e. The van der Waals surface area contributed by atoms with Crippen LogP contribution in [0.15, 0.2) is 60.7 Å². The minimum Gasteiger partial charge on any atom is -0.497 e. The zero-order valence-electron chi connectivity index (χ0n) is 18.9. The quantitative estimate of drug-likeness (QED) is 0.621. The predicted octanol–water partition coefficient (Wildman–Crippen LogP) is 4.08. The van der Waals surface area contributed by atoms with Crippen molar-refractivity contribution in [2.24, 2.45) is 11.8 Å². The van der Waals surface area contributed by atoms with Crippen LogP contribution in [0.3, 0.4) is 0 Å². The van der Waals surface area contributed by atoms with Gasteiger partial charge in [-0.1, -0.05) is 24.3 Å². The fourth-order valence-electron chi connectivity index (χ4n) is 5.18. The van der Waals surface area contributed by atoms with Gasteiger partial charge in [-0.15, -0.1) is 13.2 Å². The molecule has 0 unspecified atom stereocenters. The lowest BCUT2D eigenvalue weighted by Gasteiger charge is -2.28. The summed E-state index contributed by atoms with van der Waals surface area (Å²) in [4.78, 5) is 28.5. The summed E-state index contributed by atoms with van der Waals surface area (Å²) in [6.45, 7) is 2.25. The monoisotopic (exact) mass is 488 g/mol. The van der Waals surface area contributed by atoms with E-state index >= 15 is 0 Å². The smallest absolute Gasteiger partial charge is 0.497 e. The van der Waals surface area contributed by atoms with Crippen LogP contribution in [0.4, 0.5) is 18.9 Å². The topological polar surface area (TPSA) is 77.1 Å². The van der Waals surface area contributed by atoms with Crippen LogP contribution in [-0.4, -0.2) is 48.4 Å². The van der Waals surface area contributed by atoms with Crippen molar-refractivity contribution in [3.63, 3.8) is 0 Å². The first-order valence-electron chi connectivity index (χ1n) is 11.1. The summed E-state index contributed by atoms with van der Waals surface area (Å²) in [7, 11) is 1.58. The van der Waals surface area contributed by atoms with E-state index in [2.05, 4.69) is 10.1 Å². The number of hydrogen-bond acceptors (Lipinski definition) is 5. The molecular formula is C25H23F3N2O5. The molecule has 5 atom stereocenters. The lowest BCUT2D eigenvalue weighted by atomic mass is 9.76. The third-order valence-electron chi connectivity index (χ3n) is 6.85. The Morgan fingerprint density at radius 2 is 1.80 bits per heavy atom. The molecule has 2 saturated heterocycles. The molecule has 2 fully saturated rings. The number of halogens is 3. The molecule has 0 aromatic heterocycles. The Morgan fingerprint density at radius 1 is 1.14 bits per heavy atom. The van der Waals surface area contributed by atoms with Gasteiger partial charge in [0.2, 0.25) is 11.8 Å². The fourth-order valence-corrected chi connectivity index (χ4v) is 5.18. The first-order valence-corrected chi connectivity index (χ1v) is 11.1. The Morgan fingerprint density at radius 3 is 2.43 bits per heavy atom. The van der Waals surface area contributed by atoms with Crippen LogP contribution in [0.5, 0.6) is 11.5 Å². The van der Waals surface area contributed by atoms with Gasteiger partial charge in [-0.25, -0.2) is 0 Å². The number of amides is 2. The number of rotatable bonds is 6. The van der Waals surface area contributed by atoms with Crippen molar-refractivity contribution in [2.75, 3.05) is 19.0 Å². The molecule has 2 aromatic rings. The molecule has 35 heavy (non-hydrogen) atoms. The summed E-state index contributed by atoms with van der Waals surface area (Å²) in [6, 6.07) is 12.1. The molecule has 1 spiro atoms. The van der Waals surface area contributed by atoms with Crippen LogP contribution >= 0.6 is 0 Å². The number of benzene rings is 2. The van der Waals surface area contributed by atoms with Gasteiger partial charge in [0.15, 0.2) is 0 Å². The van der Waals surface area contributed by atoms with Crippen LogP contribution in [0.2, 0.25) is 0 Å². The highest BCUT2D eigenvalue weighted by Crippen LogP contribution is 2.53. The normalized spacial score (nSPS) is 27.6. The van der Waals surface area contributed by atoms with E-state index in [1.54, 1.807) is 18.1 Å². The molecule has 0 saturated carbocycles. The molecule has 3 aliphatic heterocycles. The highest BCUT2D eigenvalue weighted by molar-refractivity contribution is 5.99. The summed E-state index contributed by atoms with van der Waals surface area (Å²) in [5, 5.41) is 2.70. The van der Waals surface area contributed by atoms with Gasteiger partial charge < -0.3 is 24.4 Å². The first-order chi connectivity index (χ1) is 16.6. The number of alkyl halides is 3. The molecular weight excluding hydrogens is 465 g/mol. The Balaban J connectivity index is 1.32. The minimum atomic E-state index is -4.80. The number of ether oxygens (including phenoxy) is 3. The third-order valence-corrected chi connectivity index (χ3v) is 6.85. The first kappa shape index (κ1) is 23.2. The number of fused-ring (bicyclic) bond motifs is 1. The highest BCUT2D eigenvalue weighted by Gasteiger charge is 2.67. The summed E-state index contributed by atoms with van der Waals surface area (Å²) >= 11 is 0. The average Bonchev–Trinajstić information content (AvgIpc) is 3.47. The van der Waals surface area contributed by atoms with Crippen molar-refractivity contribution >= 4 is 17.5 Å². The molecule has 3 heterocycles. The van der Waals surface area contributed by atoms with E-state index in [-0.39, 0.29) is 11.9 Å². The molecule has 1 N–H and O–H groups in total. The van der Waals surface area contributed by atoms with E-state index in [4.69, 9.17) is 9.47 Å². The Kier molecular flexibility index (Phi) is 5.51. The fraction of sp³-hybridized carbons (Fsp3) is 0.360. The van der Waals surface area contributed by atoms with Gasteiger partial charge in [0.25, 0.3) is 0 Å². The van der Waals surface area contributed by atoms with Gasteiger partial charge in [-0.3, -0.25) is 9.59 Å². The molecule has 0 radical (unpaired) electrons. The van der Waals surface area contributed by atoms with Crippen LogP contribution in [0, 0.1) is 11.8 Å². The van der Waals surface area contributed by atoms with Gasteiger partial charge in [0.1, 0.15) is 17.1 Å². The van der Waals surface area contributed by atoms with Crippen molar-refractivity contribution in [1.82, 2.24) is 4.90 Å². The van der Waals surface area contributed by atoms with Crippen molar-refractivity contribution in [3.05, 3.63) is 66.2 Å². The predicted molar refractivity (Wildman–Crippen MR) is 119 cm³/mol. The number of methoxy groups -OCH3 is 1. The molecule has 3 aliphatic rings. The number of nitrogens with one attached hydrogen (secondary N) is 1. The van der Waals surface area contributed by atoms with E-state index in [0.717, 1.165) is 17.7 Å². The number of nitrogens with zero attached hydrogens (tertiary/aromatic N) is 1. The van der Waals surface area contributed by atoms with Gasteiger partial charge in [0, 0.05) is 5.69 Å². The minimum absolute atomic E-state index is 0.172. The standard InChI is InChI=1S/C25H23F3N2O5/c1-14(15-3-7-17(33-2)8-4-15)30-13-24-12-11-19(35-24)20(21(24)23(30)32)22(31)29-16-5-9-18(10-6-16)34-25(26,27)28/h3-12,14,19-21H,13H2,1-2H3,(H,29,31)/t14-,19+,20+,21+,24+/m0/s1. The van der Waals surface area contributed by atoms with E-state index in [9.17, 15) is 22.8 Å². The number of carbonyl (C=O) groups excluding carboxylic acids is 2. The molecule has 5 rings (SSSR count). The van der Waals surface area contributed by atoms with E-state index in [1.807, 2.05) is 37.3 Å². The van der Waals surface area contributed by atoms with E-state index in [0.29, 0.717) is 18.0 Å². The second-order valence-corrected chi connectivity index (χ2v) is 8.88. The van der Waals surface area contributed by atoms with Gasteiger partial charge in [0.05, 0.1) is 37.6 Å². The van der Waals surface area contributed by atoms with Crippen molar-refractivity contribution < 1.29 is 37.0 Å². The van der Waals surface area contributed by atoms with Crippen LogP contribution in [0.25, 0.3) is 0 Å². The average molecular weight is 488 g/mol. The van der Waals surface area contributed by atoms with Crippen LogP contribution in [-0.2, 0) is 14.3 Å². The highest BCUT2D eigenvalue weighted by atomic mass is 19.4. The van der Waals surface area contributed by atoms with Crippen LogP contribution < -0.4 is 14.8 Å². The molecule has 7 nitrogen and oxygen atoms in total.